The Balaban J connectivity index is 2.49. The average Bonchev–Trinajstić information content (AvgIpc) is 2.50. The summed E-state index contributed by atoms with van der Waals surface area (Å²) in [7, 11) is 0. The smallest absolute Gasteiger partial charge is 0.124 e. The third-order valence-electron chi connectivity index (χ3n) is 3.84. The van der Waals surface area contributed by atoms with E-state index in [9.17, 15) is 10.2 Å². The summed E-state index contributed by atoms with van der Waals surface area (Å²) in [5.41, 5.74) is 0. The van der Waals surface area contributed by atoms with Gasteiger partial charge in [-0.05, 0) is 33.7 Å². The number of hydrogen-bond acceptors (Lipinski definition) is 2. The Morgan fingerprint density at radius 3 is 1.20 bits per heavy atom. The molecule has 20 heavy (non-hydrogen) atoms. The van der Waals surface area contributed by atoms with Crippen LogP contribution in [-0.2, 0) is 0 Å². The van der Waals surface area contributed by atoms with E-state index in [1.54, 1.807) is 12.1 Å². The van der Waals surface area contributed by atoms with Gasteiger partial charge in [0.2, 0.25) is 0 Å². The summed E-state index contributed by atoms with van der Waals surface area (Å²) >= 11 is 0. The molecule has 0 spiro atoms. The maximum atomic E-state index is 10.2. The molecule has 0 aliphatic heterocycles. The van der Waals surface area contributed by atoms with E-state index in [-0.39, 0.29) is 11.5 Å². The summed E-state index contributed by atoms with van der Waals surface area (Å²) in [5.74, 6) is 0.388. The zero-order chi connectivity index (χ0) is 13.7. The number of aromatic hydroxyl groups is 2. The van der Waals surface area contributed by atoms with Crippen LogP contribution >= 0.6 is 0 Å². The average molecular weight is 260 g/mol. The van der Waals surface area contributed by atoms with Crippen LogP contribution in [0, 0.1) is 0 Å². The second-order valence-electron chi connectivity index (χ2n) is 4.94. The first-order valence-electron chi connectivity index (χ1n) is 6.51. The van der Waals surface area contributed by atoms with Gasteiger partial charge in [-0.1, -0.05) is 48.5 Å². The molecular weight excluding hydrogens is 248 g/mol. The molecule has 4 aromatic rings. The van der Waals surface area contributed by atoms with Crippen LogP contribution in [0.1, 0.15) is 0 Å². The van der Waals surface area contributed by atoms with Crippen molar-refractivity contribution in [2.24, 2.45) is 0 Å². The van der Waals surface area contributed by atoms with E-state index in [2.05, 4.69) is 0 Å². The van der Waals surface area contributed by atoms with E-state index < -0.39 is 0 Å². The van der Waals surface area contributed by atoms with Crippen molar-refractivity contribution in [2.45, 2.75) is 0 Å². The molecular formula is C18H12O2. The van der Waals surface area contributed by atoms with Gasteiger partial charge >= 0.3 is 0 Å². The van der Waals surface area contributed by atoms with Gasteiger partial charge in [-0.25, -0.2) is 0 Å². The summed E-state index contributed by atoms with van der Waals surface area (Å²) in [6.07, 6.45) is 0. The van der Waals surface area contributed by atoms with E-state index in [1.165, 1.54) is 0 Å². The maximum Gasteiger partial charge on any atom is 0.124 e. The van der Waals surface area contributed by atoms with Crippen molar-refractivity contribution in [1.29, 1.82) is 0 Å². The van der Waals surface area contributed by atoms with Crippen LogP contribution in [0.2, 0.25) is 0 Å². The molecule has 0 amide bonds. The first-order valence-corrected chi connectivity index (χ1v) is 6.51. The van der Waals surface area contributed by atoms with Crippen LogP contribution in [-0.4, -0.2) is 10.2 Å². The minimum atomic E-state index is 0.194. The molecule has 0 fully saturated rings. The molecule has 4 rings (SSSR count). The number of hydrogen-bond donors (Lipinski definition) is 2. The summed E-state index contributed by atoms with van der Waals surface area (Å²) in [4.78, 5) is 0. The Hall–Kier alpha value is -2.74. The predicted molar refractivity (Wildman–Crippen MR) is 82.3 cm³/mol. The Bertz CT molecular complexity index is 891. The minimum absolute atomic E-state index is 0.194. The van der Waals surface area contributed by atoms with Gasteiger partial charge in [-0.15, -0.1) is 0 Å². The quantitative estimate of drug-likeness (QED) is 0.359. The van der Waals surface area contributed by atoms with Crippen molar-refractivity contribution in [3.8, 4) is 11.5 Å². The zero-order valence-corrected chi connectivity index (χ0v) is 10.7. The highest BCUT2D eigenvalue weighted by Crippen LogP contribution is 2.42. The highest BCUT2D eigenvalue weighted by Gasteiger charge is 2.13. The minimum Gasteiger partial charge on any atom is -0.507 e. The second-order valence-corrected chi connectivity index (χ2v) is 4.94. The summed E-state index contributed by atoms with van der Waals surface area (Å²) < 4.78 is 0. The zero-order valence-electron chi connectivity index (χ0n) is 10.7. The third kappa shape index (κ3) is 1.33. The second kappa shape index (κ2) is 3.87. The van der Waals surface area contributed by atoms with Crippen molar-refractivity contribution in [3.63, 3.8) is 0 Å². The van der Waals surface area contributed by atoms with Crippen LogP contribution in [0.3, 0.4) is 0 Å². The molecule has 0 heterocycles. The van der Waals surface area contributed by atoms with Crippen LogP contribution in [0.25, 0.3) is 32.3 Å². The maximum absolute atomic E-state index is 10.2. The molecule has 2 heteroatoms. The van der Waals surface area contributed by atoms with E-state index in [0.717, 1.165) is 21.5 Å². The molecule has 0 saturated heterocycles. The van der Waals surface area contributed by atoms with Crippen molar-refractivity contribution in [2.75, 3.05) is 0 Å². The standard InChI is InChI=1S/C18H12O2/c19-15-9-10-16(20)18-14-8-4-2-6-12(14)11-5-1-3-7-13(11)17(15)18/h1-10,19-20H. The molecule has 0 aliphatic carbocycles. The van der Waals surface area contributed by atoms with Crippen molar-refractivity contribution in [3.05, 3.63) is 60.7 Å². The summed E-state index contributed by atoms with van der Waals surface area (Å²) in [6.45, 7) is 0. The normalized spacial score (nSPS) is 11.4. The largest absolute Gasteiger partial charge is 0.507 e. The van der Waals surface area contributed by atoms with Gasteiger partial charge in [0.1, 0.15) is 11.5 Å². The Morgan fingerprint density at radius 2 is 0.800 bits per heavy atom. The molecule has 0 aromatic heterocycles. The van der Waals surface area contributed by atoms with Gasteiger partial charge in [0.15, 0.2) is 0 Å². The molecule has 96 valence electrons. The van der Waals surface area contributed by atoms with Gasteiger partial charge in [0, 0.05) is 10.8 Å². The van der Waals surface area contributed by atoms with Gasteiger partial charge in [-0.3, -0.25) is 0 Å². The summed E-state index contributed by atoms with van der Waals surface area (Å²) in [5, 5.41) is 26.0. The third-order valence-corrected chi connectivity index (χ3v) is 3.84. The number of phenols is 2. The SMILES string of the molecule is Oc1ccc(O)c2c3ccccc3c3ccccc3c12. The fraction of sp³-hybridized carbons (Fsp3) is 0. The molecule has 0 aliphatic rings. The van der Waals surface area contributed by atoms with Crippen LogP contribution in [0.5, 0.6) is 11.5 Å². The molecule has 4 aromatic carbocycles. The van der Waals surface area contributed by atoms with Gasteiger partial charge in [-0.2, -0.15) is 0 Å². The van der Waals surface area contributed by atoms with Gasteiger partial charge < -0.3 is 10.2 Å². The van der Waals surface area contributed by atoms with Crippen molar-refractivity contribution >= 4 is 32.3 Å². The number of fused-ring (bicyclic) bond motifs is 6. The Kier molecular flexibility index (Phi) is 2.15. The molecule has 0 saturated carbocycles. The van der Waals surface area contributed by atoms with Crippen LogP contribution in [0.4, 0.5) is 0 Å². The molecule has 2 nitrogen and oxygen atoms in total. The lowest BCUT2D eigenvalue weighted by atomic mass is 9.93. The topological polar surface area (TPSA) is 40.5 Å². The number of rotatable bonds is 0. The van der Waals surface area contributed by atoms with Gasteiger partial charge in [0.25, 0.3) is 0 Å². The number of benzene rings is 4. The molecule has 0 bridgehead atoms. The van der Waals surface area contributed by atoms with Crippen molar-refractivity contribution in [1.82, 2.24) is 0 Å². The Labute approximate surface area is 115 Å². The molecule has 0 unspecified atom stereocenters. The van der Waals surface area contributed by atoms with E-state index in [1.807, 2.05) is 48.5 Å². The fourth-order valence-corrected chi connectivity index (χ4v) is 3.00. The van der Waals surface area contributed by atoms with E-state index in [4.69, 9.17) is 0 Å². The predicted octanol–water partition coefficient (Wildman–Crippen LogP) is 4.56. The molecule has 0 atom stereocenters. The Morgan fingerprint density at radius 1 is 0.450 bits per heavy atom. The lowest BCUT2D eigenvalue weighted by Crippen LogP contribution is -1.84. The first-order chi connectivity index (χ1) is 9.77. The molecule has 2 N–H and O–H groups in total. The van der Waals surface area contributed by atoms with Crippen LogP contribution in [0.15, 0.2) is 60.7 Å². The van der Waals surface area contributed by atoms with Gasteiger partial charge in [0.05, 0.1) is 0 Å². The van der Waals surface area contributed by atoms with E-state index >= 15 is 0 Å². The van der Waals surface area contributed by atoms with Crippen LogP contribution < -0.4 is 0 Å². The highest BCUT2D eigenvalue weighted by molar-refractivity contribution is 6.28. The fourth-order valence-electron chi connectivity index (χ4n) is 3.00. The number of phenolic OH excluding ortho intramolecular Hbond substituents is 2. The van der Waals surface area contributed by atoms with E-state index in [0.29, 0.717) is 10.8 Å². The monoisotopic (exact) mass is 260 g/mol. The molecule has 0 radical (unpaired) electrons. The first kappa shape index (κ1) is 11.1. The lowest BCUT2D eigenvalue weighted by molar-refractivity contribution is 0.470. The lowest BCUT2D eigenvalue weighted by Gasteiger charge is -2.12. The summed E-state index contributed by atoms with van der Waals surface area (Å²) in [6, 6.07) is 19.0. The van der Waals surface area contributed by atoms with Crippen molar-refractivity contribution < 1.29 is 10.2 Å². The highest BCUT2D eigenvalue weighted by atomic mass is 16.3.